The molecule has 10 heteroatoms. The summed E-state index contributed by atoms with van der Waals surface area (Å²) in [6.07, 6.45) is 1.55. The number of nitrogens with one attached hydrogen (secondary N) is 3. The third kappa shape index (κ3) is 6.76. The summed E-state index contributed by atoms with van der Waals surface area (Å²) in [6, 6.07) is 26.0. The molecule has 0 bridgehead atoms. The number of ether oxygens (including phenoxy) is 1. The first-order valence-electron chi connectivity index (χ1n) is 10.3. The van der Waals surface area contributed by atoms with Gasteiger partial charge in [0.2, 0.25) is 17.8 Å². The maximum absolute atomic E-state index is 10.7. The van der Waals surface area contributed by atoms with Gasteiger partial charge in [-0.2, -0.15) is 20.1 Å². The quantitative estimate of drug-likeness (QED) is 0.204. The first-order valence-corrected chi connectivity index (χ1v) is 10.3. The smallest absolute Gasteiger partial charge is 0.341 e. The van der Waals surface area contributed by atoms with Crippen LogP contribution in [0.3, 0.4) is 0 Å². The van der Waals surface area contributed by atoms with Crippen molar-refractivity contribution in [3.63, 3.8) is 0 Å². The van der Waals surface area contributed by atoms with Gasteiger partial charge in [-0.05, 0) is 42.0 Å². The maximum Gasteiger partial charge on any atom is 0.341 e. The van der Waals surface area contributed by atoms with Crippen molar-refractivity contribution in [1.29, 1.82) is 0 Å². The maximum atomic E-state index is 10.7. The predicted molar refractivity (Wildman–Crippen MR) is 130 cm³/mol. The molecule has 0 atom stereocenters. The number of hydrogen-bond donors (Lipinski definition) is 4. The summed E-state index contributed by atoms with van der Waals surface area (Å²) in [5.41, 5.74) is 5.16. The Balaban J connectivity index is 1.51. The molecule has 4 N–H and O–H groups in total. The van der Waals surface area contributed by atoms with E-state index < -0.39 is 12.6 Å². The summed E-state index contributed by atoms with van der Waals surface area (Å²) in [4.78, 5) is 23.9. The number of para-hydroxylation sites is 2. The Morgan fingerprint density at radius 3 is 2.00 bits per heavy atom. The Labute approximate surface area is 195 Å². The number of nitrogens with zero attached hydrogens (tertiary/aromatic N) is 4. The minimum Gasteiger partial charge on any atom is -0.482 e. The van der Waals surface area contributed by atoms with E-state index in [-0.39, 0.29) is 5.95 Å². The van der Waals surface area contributed by atoms with Gasteiger partial charge in [-0.25, -0.2) is 10.2 Å². The van der Waals surface area contributed by atoms with Crippen LogP contribution in [0.25, 0.3) is 0 Å². The Hall–Kier alpha value is -4.99. The minimum atomic E-state index is -1.05. The number of benzene rings is 3. The number of aliphatic carboxylic acids is 1. The molecule has 4 rings (SSSR count). The number of carbonyl (C=O) groups is 1. The van der Waals surface area contributed by atoms with Gasteiger partial charge in [-0.15, -0.1) is 0 Å². The lowest BCUT2D eigenvalue weighted by molar-refractivity contribution is -0.139. The van der Waals surface area contributed by atoms with Gasteiger partial charge in [-0.3, -0.25) is 0 Å². The van der Waals surface area contributed by atoms with Gasteiger partial charge in [-0.1, -0.05) is 48.5 Å². The number of carboxylic acid groups (broad SMARTS) is 1. The molecule has 0 aliphatic heterocycles. The number of rotatable bonds is 10. The SMILES string of the molecule is O=C(O)COc1cccc(C=NNc2nc(Nc3ccccc3)nc(Nc3ccccc3)n2)c1. The van der Waals surface area contributed by atoms with E-state index >= 15 is 0 Å². The number of carboxylic acids is 1. The molecule has 1 heterocycles. The van der Waals surface area contributed by atoms with Crippen molar-refractivity contribution < 1.29 is 14.6 Å². The second-order valence-corrected chi connectivity index (χ2v) is 6.91. The van der Waals surface area contributed by atoms with Crippen LogP contribution in [0.5, 0.6) is 5.75 Å². The highest BCUT2D eigenvalue weighted by Crippen LogP contribution is 2.18. The van der Waals surface area contributed by atoms with Crippen LogP contribution in [0.4, 0.5) is 29.2 Å². The average Bonchev–Trinajstić information content (AvgIpc) is 2.84. The van der Waals surface area contributed by atoms with E-state index in [1.807, 2.05) is 60.7 Å². The third-order valence-corrected chi connectivity index (χ3v) is 4.29. The second-order valence-electron chi connectivity index (χ2n) is 6.91. The Morgan fingerprint density at radius 1 is 0.824 bits per heavy atom. The molecule has 0 aliphatic carbocycles. The minimum absolute atomic E-state index is 0.224. The van der Waals surface area contributed by atoms with Gasteiger partial charge < -0.3 is 20.5 Å². The number of anilines is 5. The summed E-state index contributed by atoms with van der Waals surface area (Å²) < 4.78 is 5.19. The molecular formula is C24H21N7O3. The first-order chi connectivity index (χ1) is 16.6. The Morgan fingerprint density at radius 2 is 1.41 bits per heavy atom. The van der Waals surface area contributed by atoms with Crippen LogP contribution in [0.1, 0.15) is 5.56 Å². The molecule has 34 heavy (non-hydrogen) atoms. The molecule has 170 valence electrons. The van der Waals surface area contributed by atoms with Crippen molar-refractivity contribution in [3.8, 4) is 5.75 Å². The van der Waals surface area contributed by atoms with Gasteiger partial charge in [0.1, 0.15) is 5.75 Å². The molecule has 0 spiro atoms. The third-order valence-electron chi connectivity index (χ3n) is 4.29. The van der Waals surface area contributed by atoms with Crippen LogP contribution in [0.15, 0.2) is 90.0 Å². The van der Waals surface area contributed by atoms with Crippen LogP contribution in [0, 0.1) is 0 Å². The van der Waals surface area contributed by atoms with E-state index in [2.05, 4.69) is 36.1 Å². The Bertz CT molecular complexity index is 1210. The molecule has 4 aromatic rings. The van der Waals surface area contributed by atoms with Crippen molar-refractivity contribution in [2.24, 2.45) is 5.10 Å². The van der Waals surface area contributed by atoms with E-state index in [1.54, 1.807) is 30.5 Å². The zero-order valence-corrected chi connectivity index (χ0v) is 17.9. The highest BCUT2D eigenvalue weighted by Gasteiger charge is 2.07. The molecule has 0 aliphatic rings. The molecule has 0 saturated carbocycles. The lowest BCUT2D eigenvalue weighted by atomic mass is 10.2. The summed E-state index contributed by atoms with van der Waals surface area (Å²) >= 11 is 0. The van der Waals surface area contributed by atoms with Crippen LogP contribution in [-0.2, 0) is 4.79 Å². The standard InChI is InChI=1S/C24H21N7O3/c32-21(33)16-34-20-13-7-8-17(14-20)15-25-31-24-29-22(26-18-9-3-1-4-10-18)28-23(30-24)27-19-11-5-2-6-12-19/h1-15H,16H2,(H,32,33)(H3,26,27,28,29,30,31). The van der Waals surface area contributed by atoms with E-state index in [0.29, 0.717) is 23.2 Å². The van der Waals surface area contributed by atoms with Gasteiger partial charge in [0, 0.05) is 11.4 Å². The highest BCUT2D eigenvalue weighted by atomic mass is 16.5. The largest absolute Gasteiger partial charge is 0.482 e. The lowest BCUT2D eigenvalue weighted by Crippen LogP contribution is -2.09. The van der Waals surface area contributed by atoms with Gasteiger partial charge in [0.25, 0.3) is 0 Å². The highest BCUT2D eigenvalue weighted by molar-refractivity contribution is 5.80. The molecular weight excluding hydrogens is 434 g/mol. The van der Waals surface area contributed by atoms with Crippen LogP contribution in [-0.4, -0.2) is 38.8 Å². The molecule has 3 aromatic carbocycles. The van der Waals surface area contributed by atoms with E-state index in [1.165, 1.54) is 0 Å². The topological polar surface area (TPSA) is 134 Å². The fourth-order valence-corrected chi connectivity index (χ4v) is 2.83. The summed E-state index contributed by atoms with van der Waals surface area (Å²) in [5.74, 6) is 0.273. The summed E-state index contributed by atoms with van der Waals surface area (Å²) in [7, 11) is 0. The molecule has 0 saturated heterocycles. The van der Waals surface area contributed by atoms with Crippen molar-refractivity contribution in [2.75, 3.05) is 22.7 Å². The van der Waals surface area contributed by atoms with Gasteiger partial charge >= 0.3 is 5.97 Å². The number of hydrogen-bond acceptors (Lipinski definition) is 9. The molecule has 0 amide bonds. The van der Waals surface area contributed by atoms with Crippen molar-refractivity contribution in [1.82, 2.24) is 15.0 Å². The summed E-state index contributed by atoms with van der Waals surface area (Å²) in [5, 5.41) is 19.2. The Kier molecular flexibility index (Phi) is 7.22. The van der Waals surface area contributed by atoms with E-state index in [0.717, 1.165) is 11.4 Å². The van der Waals surface area contributed by atoms with Crippen LogP contribution in [0.2, 0.25) is 0 Å². The number of hydrazone groups is 1. The van der Waals surface area contributed by atoms with E-state index in [4.69, 9.17) is 9.84 Å². The predicted octanol–water partition coefficient (Wildman–Crippen LogP) is 4.27. The molecule has 0 unspecified atom stereocenters. The fraction of sp³-hybridized carbons (Fsp3) is 0.0417. The fourth-order valence-electron chi connectivity index (χ4n) is 2.83. The average molecular weight is 455 g/mol. The van der Waals surface area contributed by atoms with Gasteiger partial charge in [0.05, 0.1) is 6.21 Å². The van der Waals surface area contributed by atoms with Crippen molar-refractivity contribution in [3.05, 3.63) is 90.5 Å². The molecule has 0 radical (unpaired) electrons. The van der Waals surface area contributed by atoms with Gasteiger partial charge in [0.15, 0.2) is 6.61 Å². The zero-order valence-electron chi connectivity index (χ0n) is 17.9. The molecule has 0 fully saturated rings. The van der Waals surface area contributed by atoms with Crippen molar-refractivity contribution >= 4 is 41.4 Å². The van der Waals surface area contributed by atoms with Crippen LogP contribution < -0.4 is 20.8 Å². The van der Waals surface area contributed by atoms with E-state index in [9.17, 15) is 4.79 Å². The first kappa shape index (κ1) is 22.2. The van der Waals surface area contributed by atoms with Crippen LogP contribution >= 0.6 is 0 Å². The normalized spacial score (nSPS) is 10.6. The summed E-state index contributed by atoms with van der Waals surface area (Å²) in [6.45, 7) is -0.419. The molecule has 10 nitrogen and oxygen atoms in total. The number of aromatic nitrogens is 3. The lowest BCUT2D eigenvalue weighted by Gasteiger charge is -2.10. The monoisotopic (exact) mass is 455 g/mol. The van der Waals surface area contributed by atoms with Crippen molar-refractivity contribution in [2.45, 2.75) is 0 Å². The molecule has 1 aromatic heterocycles. The second kappa shape index (κ2) is 11.0. The zero-order chi connectivity index (χ0) is 23.6.